The minimum Gasteiger partial charge on any atom is -0.299 e. The summed E-state index contributed by atoms with van der Waals surface area (Å²) in [6.45, 7) is 2.18. The molecule has 2 aliphatic carbocycles. The largest absolute Gasteiger partial charge is 0.299 e. The summed E-state index contributed by atoms with van der Waals surface area (Å²) in [6.07, 6.45) is 13.2. The van der Waals surface area contributed by atoms with Gasteiger partial charge in [0.1, 0.15) is 5.78 Å². The zero-order valence-corrected chi connectivity index (χ0v) is 19.9. The molecule has 5 rings (SSSR count). The standard InChI is InChI=1S/C33H32O/c1-2-24-12-19-29(20-13-24)31-22-30(27-8-4-3-5-9-27)23-32(31)33(34)21-16-25-14-17-28(18-15-25)26-10-6-7-11-26/h3-6,8-15,17-20,23,31-32H,2,7,16,21-22H2,1H3. The van der Waals surface area contributed by atoms with Crippen LogP contribution in [0.2, 0.25) is 0 Å². The SMILES string of the molecule is CCc1ccc(C2CC(c3ccccc3)=CC2C(=O)CCc2ccc(C3=CCC=C3)cc2)cc1. The van der Waals surface area contributed by atoms with Gasteiger partial charge in [-0.25, -0.2) is 0 Å². The Hall–Kier alpha value is -3.45. The lowest BCUT2D eigenvalue weighted by molar-refractivity contribution is -0.121. The molecule has 0 saturated heterocycles. The van der Waals surface area contributed by atoms with Crippen LogP contribution in [0.3, 0.4) is 0 Å². The molecule has 2 unspecified atom stereocenters. The van der Waals surface area contributed by atoms with E-state index in [1.54, 1.807) is 0 Å². The zero-order chi connectivity index (χ0) is 23.3. The van der Waals surface area contributed by atoms with E-state index in [-0.39, 0.29) is 11.8 Å². The van der Waals surface area contributed by atoms with Crippen LogP contribution in [0.25, 0.3) is 11.1 Å². The maximum absolute atomic E-state index is 13.5. The van der Waals surface area contributed by atoms with Crippen LogP contribution in [-0.2, 0) is 17.6 Å². The minimum absolute atomic E-state index is 0.0595. The van der Waals surface area contributed by atoms with E-state index < -0.39 is 0 Å². The smallest absolute Gasteiger partial charge is 0.140 e. The van der Waals surface area contributed by atoms with Crippen molar-refractivity contribution in [2.75, 3.05) is 0 Å². The summed E-state index contributed by atoms with van der Waals surface area (Å²) in [5.74, 6) is 0.508. The summed E-state index contributed by atoms with van der Waals surface area (Å²) in [7, 11) is 0. The highest BCUT2D eigenvalue weighted by atomic mass is 16.1. The lowest BCUT2D eigenvalue weighted by Gasteiger charge is -2.19. The van der Waals surface area contributed by atoms with Crippen molar-refractivity contribution in [1.82, 2.24) is 0 Å². The molecule has 0 radical (unpaired) electrons. The maximum atomic E-state index is 13.5. The zero-order valence-electron chi connectivity index (χ0n) is 19.9. The van der Waals surface area contributed by atoms with Gasteiger partial charge in [-0.3, -0.25) is 4.79 Å². The molecule has 0 heterocycles. The quantitative estimate of drug-likeness (QED) is 0.344. The normalized spacial score (nSPS) is 19.2. The monoisotopic (exact) mass is 444 g/mol. The molecular formula is C33H32O. The molecule has 0 fully saturated rings. The van der Waals surface area contributed by atoms with Gasteiger partial charge in [-0.05, 0) is 64.6 Å². The number of hydrogen-bond acceptors (Lipinski definition) is 1. The van der Waals surface area contributed by atoms with Crippen molar-refractivity contribution in [3.8, 4) is 0 Å². The van der Waals surface area contributed by atoms with Crippen molar-refractivity contribution in [1.29, 1.82) is 0 Å². The van der Waals surface area contributed by atoms with E-state index in [1.165, 1.54) is 39.0 Å². The van der Waals surface area contributed by atoms with Crippen molar-refractivity contribution >= 4 is 16.9 Å². The first-order valence-corrected chi connectivity index (χ1v) is 12.5. The Morgan fingerprint density at radius 3 is 2.26 bits per heavy atom. The molecule has 0 amide bonds. The number of Topliss-reactive ketones (excluding diaryl/α,β-unsaturated/α-hetero) is 1. The average molecular weight is 445 g/mol. The Balaban J connectivity index is 1.32. The first-order valence-electron chi connectivity index (χ1n) is 12.5. The number of benzene rings is 3. The van der Waals surface area contributed by atoms with Gasteiger partial charge in [0.15, 0.2) is 0 Å². The molecule has 0 saturated carbocycles. The molecule has 0 spiro atoms. The molecule has 1 nitrogen and oxygen atoms in total. The van der Waals surface area contributed by atoms with Gasteiger partial charge >= 0.3 is 0 Å². The summed E-state index contributed by atoms with van der Waals surface area (Å²) < 4.78 is 0. The molecule has 34 heavy (non-hydrogen) atoms. The number of rotatable bonds is 8. The number of ketones is 1. The van der Waals surface area contributed by atoms with E-state index in [1.807, 2.05) is 6.07 Å². The fourth-order valence-corrected chi connectivity index (χ4v) is 5.24. The van der Waals surface area contributed by atoms with Gasteiger partial charge in [0.25, 0.3) is 0 Å². The number of allylic oxidation sites excluding steroid dienone is 6. The lowest BCUT2D eigenvalue weighted by Crippen LogP contribution is -2.18. The number of carbonyl (C=O) groups is 1. The molecule has 0 aromatic heterocycles. The maximum Gasteiger partial charge on any atom is 0.140 e. The molecule has 0 aliphatic heterocycles. The van der Waals surface area contributed by atoms with Crippen molar-refractivity contribution < 1.29 is 4.79 Å². The summed E-state index contributed by atoms with van der Waals surface area (Å²) in [6, 6.07) is 28.1. The van der Waals surface area contributed by atoms with Gasteiger partial charge < -0.3 is 0 Å². The van der Waals surface area contributed by atoms with Crippen molar-refractivity contribution in [3.63, 3.8) is 0 Å². The van der Waals surface area contributed by atoms with Crippen LogP contribution in [0, 0.1) is 5.92 Å². The molecular weight excluding hydrogens is 412 g/mol. The molecule has 2 atom stereocenters. The fourth-order valence-electron chi connectivity index (χ4n) is 5.24. The van der Waals surface area contributed by atoms with Crippen LogP contribution in [0.5, 0.6) is 0 Å². The molecule has 3 aromatic rings. The van der Waals surface area contributed by atoms with Crippen LogP contribution in [0.1, 0.15) is 59.9 Å². The number of carbonyl (C=O) groups excluding carboxylic acids is 1. The van der Waals surface area contributed by atoms with Gasteiger partial charge in [-0.2, -0.15) is 0 Å². The van der Waals surface area contributed by atoms with E-state index in [0.29, 0.717) is 12.2 Å². The second-order valence-electron chi connectivity index (χ2n) is 9.45. The van der Waals surface area contributed by atoms with E-state index in [0.717, 1.165) is 25.7 Å². The van der Waals surface area contributed by atoms with E-state index in [4.69, 9.17) is 0 Å². The van der Waals surface area contributed by atoms with Crippen LogP contribution in [-0.4, -0.2) is 5.78 Å². The van der Waals surface area contributed by atoms with Crippen molar-refractivity contribution in [2.24, 2.45) is 5.92 Å². The average Bonchev–Trinajstić information content (AvgIpc) is 3.59. The predicted molar refractivity (Wildman–Crippen MR) is 143 cm³/mol. The second kappa shape index (κ2) is 10.2. The summed E-state index contributed by atoms with van der Waals surface area (Å²) in [4.78, 5) is 13.5. The third kappa shape index (κ3) is 4.89. The Bertz CT molecular complexity index is 1220. The molecule has 2 aliphatic rings. The highest BCUT2D eigenvalue weighted by Gasteiger charge is 2.33. The fraction of sp³-hybridized carbons (Fsp3) is 0.242. The molecule has 0 N–H and O–H groups in total. The predicted octanol–water partition coefficient (Wildman–Crippen LogP) is 7.98. The minimum atomic E-state index is -0.0595. The molecule has 0 bridgehead atoms. The van der Waals surface area contributed by atoms with Crippen molar-refractivity contribution in [2.45, 2.75) is 44.9 Å². The molecule has 170 valence electrons. The Labute approximate surface area is 203 Å². The van der Waals surface area contributed by atoms with Crippen LogP contribution >= 0.6 is 0 Å². The van der Waals surface area contributed by atoms with Crippen LogP contribution < -0.4 is 0 Å². The first-order chi connectivity index (χ1) is 16.7. The Kier molecular flexibility index (Phi) is 6.72. The molecule has 1 heteroatoms. The first kappa shape index (κ1) is 22.3. The summed E-state index contributed by atoms with van der Waals surface area (Å²) in [5, 5.41) is 0. The number of aryl methyl sites for hydroxylation is 2. The Morgan fingerprint density at radius 2 is 1.59 bits per heavy atom. The highest BCUT2D eigenvalue weighted by molar-refractivity contribution is 5.88. The van der Waals surface area contributed by atoms with Gasteiger partial charge in [0, 0.05) is 18.3 Å². The topological polar surface area (TPSA) is 17.1 Å². The Morgan fingerprint density at radius 1 is 0.853 bits per heavy atom. The summed E-state index contributed by atoms with van der Waals surface area (Å²) >= 11 is 0. The van der Waals surface area contributed by atoms with E-state index >= 15 is 0 Å². The third-order valence-corrected chi connectivity index (χ3v) is 7.31. The van der Waals surface area contributed by atoms with Crippen LogP contribution in [0.15, 0.2) is 103 Å². The third-order valence-electron chi connectivity index (χ3n) is 7.31. The molecule has 3 aromatic carbocycles. The number of hydrogen-bond donors (Lipinski definition) is 0. The van der Waals surface area contributed by atoms with Gasteiger partial charge in [0.05, 0.1) is 0 Å². The van der Waals surface area contributed by atoms with E-state index in [2.05, 4.69) is 104 Å². The summed E-state index contributed by atoms with van der Waals surface area (Å²) in [5.41, 5.74) is 8.93. The van der Waals surface area contributed by atoms with E-state index in [9.17, 15) is 4.79 Å². The second-order valence-corrected chi connectivity index (χ2v) is 9.45. The van der Waals surface area contributed by atoms with Crippen LogP contribution in [0.4, 0.5) is 0 Å². The van der Waals surface area contributed by atoms with Gasteiger partial charge in [-0.15, -0.1) is 0 Å². The van der Waals surface area contributed by atoms with Crippen molar-refractivity contribution in [3.05, 3.63) is 131 Å². The van der Waals surface area contributed by atoms with Gasteiger partial charge in [0.2, 0.25) is 0 Å². The highest BCUT2D eigenvalue weighted by Crippen LogP contribution is 2.43. The van der Waals surface area contributed by atoms with Gasteiger partial charge in [-0.1, -0.05) is 110 Å². The lowest BCUT2D eigenvalue weighted by atomic mass is 9.83.